The van der Waals surface area contributed by atoms with E-state index in [2.05, 4.69) is 29.0 Å². The zero-order chi connectivity index (χ0) is 14.6. The number of nitrogens with one attached hydrogen (secondary N) is 1. The van der Waals surface area contributed by atoms with Gasteiger partial charge in [0.2, 0.25) is 0 Å². The molecule has 2 rings (SSSR count). The first-order chi connectivity index (χ1) is 9.48. The number of aromatic nitrogens is 1. The first kappa shape index (κ1) is 14.9. The minimum Gasteiger partial charge on any atom is -0.373 e. The van der Waals surface area contributed by atoms with Crippen molar-refractivity contribution in [3.63, 3.8) is 0 Å². The summed E-state index contributed by atoms with van der Waals surface area (Å²) in [6.07, 6.45) is 3.31. The van der Waals surface area contributed by atoms with Crippen LogP contribution in [0, 0.1) is 6.92 Å². The molecular formula is C15H23N3O2. The van der Waals surface area contributed by atoms with Crippen molar-refractivity contribution in [3.8, 4) is 0 Å². The fraction of sp³-hybridized carbons (Fsp3) is 0.600. The van der Waals surface area contributed by atoms with E-state index in [0.717, 1.165) is 31.8 Å². The number of carbonyl (C=O) groups excluding carboxylic acids is 1. The molecule has 0 unspecified atom stereocenters. The van der Waals surface area contributed by atoms with Gasteiger partial charge in [0.1, 0.15) is 0 Å². The zero-order valence-electron chi connectivity index (χ0n) is 12.5. The van der Waals surface area contributed by atoms with E-state index in [4.69, 9.17) is 4.74 Å². The Kier molecular flexibility index (Phi) is 4.73. The van der Waals surface area contributed by atoms with Crippen LogP contribution < -0.4 is 5.32 Å². The molecule has 0 aliphatic carbocycles. The van der Waals surface area contributed by atoms with Gasteiger partial charge in [-0.25, -0.2) is 0 Å². The predicted octanol–water partition coefficient (Wildman–Crippen LogP) is 1.23. The van der Waals surface area contributed by atoms with Gasteiger partial charge in [0.05, 0.1) is 17.8 Å². The Labute approximate surface area is 120 Å². The van der Waals surface area contributed by atoms with Crippen molar-refractivity contribution < 1.29 is 9.53 Å². The van der Waals surface area contributed by atoms with E-state index in [9.17, 15) is 4.79 Å². The number of ether oxygens (including phenoxy) is 1. The summed E-state index contributed by atoms with van der Waals surface area (Å²) in [4.78, 5) is 18.4. The molecule has 0 spiro atoms. The Hall–Kier alpha value is -1.46. The monoisotopic (exact) mass is 277 g/mol. The molecule has 5 nitrogen and oxygen atoms in total. The summed E-state index contributed by atoms with van der Waals surface area (Å²) >= 11 is 0. The number of pyridine rings is 1. The molecule has 0 bridgehead atoms. The van der Waals surface area contributed by atoms with E-state index in [1.165, 1.54) is 0 Å². The first-order valence-corrected chi connectivity index (χ1v) is 7.03. The molecule has 0 aromatic carbocycles. The number of aryl methyl sites for hydroxylation is 1. The highest BCUT2D eigenvalue weighted by molar-refractivity contribution is 5.95. The third kappa shape index (κ3) is 4.02. The van der Waals surface area contributed by atoms with Crippen LogP contribution in [0.5, 0.6) is 0 Å². The second kappa shape index (κ2) is 6.33. The molecule has 1 aliphatic rings. The number of hydrogen-bond acceptors (Lipinski definition) is 4. The van der Waals surface area contributed by atoms with Gasteiger partial charge in [-0.2, -0.15) is 0 Å². The van der Waals surface area contributed by atoms with Gasteiger partial charge in [0.25, 0.3) is 5.91 Å². The SMILES string of the molecule is Cc1ccncc1C(=O)NCCN1CCOC(C)(C)C1. The fourth-order valence-corrected chi connectivity index (χ4v) is 2.43. The standard InChI is InChI=1S/C15H23N3O2/c1-12-4-5-16-10-13(12)14(19)17-6-7-18-8-9-20-15(2,3)11-18/h4-5,10H,6-9,11H2,1-3H3,(H,17,19). The highest BCUT2D eigenvalue weighted by Crippen LogP contribution is 2.15. The lowest BCUT2D eigenvalue weighted by Crippen LogP contribution is -2.50. The molecule has 5 heteroatoms. The van der Waals surface area contributed by atoms with Gasteiger partial charge in [-0.05, 0) is 32.4 Å². The number of carbonyl (C=O) groups is 1. The van der Waals surface area contributed by atoms with Crippen LogP contribution in [0.3, 0.4) is 0 Å². The molecule has 2 heterocycles. The maximum Gasteiger partial charge on any atom is 0.253 e. The first-order valence-electron chi connectivity index (χ1n) is 7.03. The summed E-state index contributed by atoms with van der Waals surface area (Å²) in [5, 5.41) is 2.95. The average molecular weight is 277 g/mol. The van der Waals surface area contributed by atoms with E-state index in [-0.39, 0.29) is 11.5 Å². The van der Waals surface area contributed by atoms with Gasteiger partial charge in [-0.1, -0.05) is 0 Å². The highest BCUT2D eigenvalue weighted by atomic mass is 16.5. The molecule has 1 fully saturated rings. The lowest BCUT2D eigenvalue weighted by molar-refractivity contribution is -0.0853. The summed E-state index contributed by atoms with van der Waals surface area (Å²) < 4.78 is 5.67. The van der Waals surface area contributed by atoms with Crippen LogP contribution >= 0.6 is 0 Å². The van der Waals surface area contributed by atoms with Crippen molar-refractivity contribution >= 4 is 5.91 Å². The van der Waals surface area contributed by atoms with Gasteiger partial charge in [0.15, 0.2) is 0 Å². The van der Waals surface area contributed by atoms with Gasteiger partial charge in [-0.15, -0.1) is 0 Å². The average Bonchev–Trinajstić information content (AvgIpc) is 2.38. The predicted molar refractivity (Wildman–Crippen MR) is 77.8 cm³/mol. The van der Waals surface area contributed by atoms with Crippen LogP contribution in [0.4, 0.5) is 0 Å². The second-order valence-corrected chi connectivity index (χ2v) is 5.83. The van der Waals surface area contributed by atoms with Crippen molar-refractivity contribution in [2.45, 2.75) is 26.4 Å². The molecule has 0 atom stereocenters. The molecule has 1 amide bonds. The van der Waals surface area contributed by atoms with Gasteiger partial charge >= 0.3 is 0 Å². The van der Waals surface area contributed by atoms with Crippen molar-refractivity contribution in [2.24, 2.45) is 0 Å². The minimum atomic E-state index is -0.0950. The second-order valence-electron chi connectivity index (χ2n) is 5.83. The third-order valence-corrected chi connectivity index (χ3v) is 3.50. The number of amides is 1. The van der Waals surface area contributed by atoms with Crippen LogP contribution in [0.1, 0.15) is 29.8 Å². The van der Waals surface area contributed by atoms with Crippen LogP contribution in [0.15, 0.2) is 18.5 Å². The summed E-state index contributed by atoms with van der Waals surface area (Å²) in [6, 6.07) is 1.85. The third-order valence-electron chi connectivity index (χ3n) is 3.50. The quantitative estimate of drug-likeness (QED) is 0.899. The summed E-state index contributed by atoms with van der Waals surface area (Å²) in [5.74, 6) is -0.0527. The number of nitrogens with zero attached hydrogens (tertiary/aromatic N) is 2. The van der Waals surface area contributed by atoms with E-state index in [1.54, 1.807) is 12.4 Å². The summed E-state index contributed by atoms with van der Waals surface area (Å²) in [6.45, 7) is 10.2. The van der Waals surface area contributed by atoms with Crippen molar-refractivity contribution in [2.75, 3.05) is 32.8 Å². The number of morpholine rings is 1. The summed E-state index contributed by atoms with van der Waals surface area (Å²) in [7, 11) is 0. The van der Waals surface area contributed by atoms with Crippen molar-refractivity contribution in [1.29, 1.82) is 0 Å². The molecule has 1 saturated heterocycles. The van der Waals surface area contributed by atoms with Crippen molar-refractivity contribution in [1.82, 2.24) is 15.2 Å². The Morgan fingerprint density at radius 1 is 1.55 bits per heavy atom. The molecule has 110 valence electrons. The van der Waals surface area contributed by atoms with Gasteiger partial charge in [-0.3, -0.25) is 14.7 Å². The minimum absolute atomic E-state index is 0.0527. The van der Waals surface area contributed by atoms with Crippen molar-refractivity contribution in [3.05, 3.63) is 29.6 Å². The van der Waals surface area contributed by atoms with E-state index >= 15 is 0 Å². The van der Waals surface area contributed by atoms with Crippen LogP contribution in [-0.4, -0.2) is 54.2 Å². The van der Waals surface area contributed by atoms with Crippen LogP contribution in [0.2, 0.25) is 0 Å². The fourth-order valence-electron chi connectivity index (χ4n) is 2.43. The van der Waals surface area contributed by atoms with Gasteiger partial charge in [0, 0.05) is 38.6 Å². The maximum atomic E-state index is 12.0. The Morgan fingerprint density at radius 3 is 3.05 bits per heavy atom. The Bertz CT molecular complexity index is 474. The van der Waals surface area contributed by atoms with Crippen LogP contribution in [-0.2, 0) is 4.74 Å². The Morgan fingerprint density at radius 2 is 2.35 bits per heavy atom. The molecule has 20 heavy (non-hydrogen) atoms. The topological polar surface area (TPSA) is 54.5 Å². The molecule has 1 aromatic heterocycles. The van der Waals surface area contributed by atoms with E-state index < -0.39 is 0 Å². The highest BCUT2D eigenvalue weighted by Gasteiger charge is 2.26. The molecule has 0 saturated carbocycles. The molecule has 1 N–H and O–H groups in total. The molecule has 1 aliphatic heterocycles. The van der Waals surface area contributed by atoms with E-state index in [1.807, 2.05) is 13.0 Å². The maximum absolute atomic E-state index is 12.0. The summed E-state index contributed by atoms with van der Waals surface area (Å²) in [5.41, 5.74) is 1.50. The lowest BCUT2D eigenvalue weighted by Gasteiger charge is -2.38. The Balaban J connectivity index is 1.79. The van der Waals surface area contributed by atoms with E-state index in [0.29, 0.717) is 12.1 Å². The molecule has 0 radical (unpaired) electrons. The zero-order valence-corrected chi connectivity index (χ0v) is 12.5. The van der Waals surface area contributed by atoms with Crippen LogP contribution in [0.25, 0.3) is 0 Å². The molecule has 1 aromatic rings. The number of hydrogen-bond donors (Lipinski definition) is 1. The largest absolute Gasteiger partial charge is 0.373 e. The molecular weight excluding hydrogens is 254 g/mol. The lowest BCUT2D eigenvalue weighted by atomic mass is 10.1. The smallest absolute Gasteiger partial charge is 0.253 e. The normalized spacial score (nSPS) is 18.8. The number of rotatable bonds is 4. The van der Waals surface area contributed by atoms with Gasteiger partial charge < -0.3 is 10.1 Å².